The number of nitrogens with two attached hydrogens (primary N) is 1. The Hall–Kier alpha value is -1.51. The van der Waals surface area contributed by atoms with Crippen molar-refractivity contribution in [3.63, 3.8) is 0 Å². The zero-order valence-corrected chi connectivity index (χ0v) is 8.78. The first-order valence-corrected chi connectivity index (χ1v) is 4.83. The summed E-state index contributed by atoms with van der Waals surface area (Å²) in [5.74, 6) is 2.04. The summed E-state index contributed by atoms with van der Waals surface area (Å²) in [4.78, 5) is 4.37. The topological polar surface area (TPSA) is 43.3 Å². The van der Waals surface area contributed by atoms with Crippen molar-refractivity contribution in [2.45, 2.75) is 26.7 Å². The fourth-order valence-electron chi connectivity index (χ4n) is 1.64. The Morgan fingerprint density at radius 1 is 1.43 bits per heavy atom. The molecule has 0 saturated carbocycles. The van der Waals surface area contributed by atoms with Crippen molar-refractivity contribution in [2.75, 3.05) is 5.73 Å². The first kappa shape index (κ1) is 9.06. The molecule has 0 aliphatic heterocycles. The van der Waals surface area contributed by atoms with E-state index in [0.717, 1.165) is 11.3 Å². The van der Waals surface area contributed by atoms with Gasteiger partial charge in [0.2, 0.25) is 0 Å². The largest absolute Gasteiger partial charge is 0.382 e. The number of aryl methyl sites for hydroxylation is 1. The molecule has 0 unspecified atom stereocenters. The van der Waals surface area contributed by atoms with Gasteiger partial charge in [0, 0.05) is 12.1 Å². The van der Waals surface area contributed by atoms with E-state index in [1.807, 2.05) is 6.20 Å². The molecule has 14 heavy (non-hydrogen) atoms. The zero-order chi connectivity index (χ0) is 10.3. The minimum absolute atomic E-state index is 0.391. The van der Waals surface area contributed by atoms with Crippen LogP contribution in [0.3, 0.4) is 0 Å². The predicted molar refractivity (Wildman–Crippen MR) is 58.4 cm³/mol. The van der Waals surface area contributed by atoms with Crippen LogP contribution >= 0.6 is 0 Å². The molecule has 0 spiro atoms. The third-order valence-electron chi connectivity index (χ3n) is 2.37. The highest BCUT2D eigenvalue weighted by atomic mass is 15.1. The number of fused-ring (bicyclic) bond motifs is 1. The highest BCUT2D eigenvalue weighted by Gasteiger charge is 2.10. The minimum atomic E-state index is 0.391. The average Bonchev–Trinajstić information content (AvgIpc) is 2.44. The van der Waals surface area contributed by atoms with Crippen LogP contribution in [-0.4, -0.2) is 9.38 Å². The van der Waals surface area contributed by atoms with Gasteiger partial charge in [-0.1, -0.05) is 13.8 Å². The van der Waals surface area contributed by atoms with Crippen LogP contribution in [0.5, 0.6) is 0 Å². The molecule has 0 saturated heterocycles. The lowest BCUT2D eigenvalue weighted by atomic mass is 10.2. The van der Waals surface area contributed by atoms with E-state index < -0.39 is 0 Å². The maximum Gasteiger partial charge on any atom is 0.149 e. The summed E-state index contributed by atoms with van der Waals surface area (Å²) in [6.07, 6.45) is 2.03. The average molecular weight is 189 g/mol. The maximum atomic E-state index is 5.85. The van der Waals surface area contributed by atoms with Crippen LogP contribution in [0.15, 0.2) is 18.3 Å². The van der Waals surface area contributed by atoms with Crippen LogP contribution in [0.25, 0.3) is 5.52 Å². The number of hydrogen-bond acceptors (Lipinski definition) is 2. The molecule has 3 nitrogen and oxygen atoms in total. The second-order valence-corrected chi connectivity index (χ2v) is 3.97. The summed E-state index contributed by atoms with van der Waals surface area (Å²) in [6, 6.07) is 4.13. The van der Waals surface area contributed by atoms with Crippen molar-refractivity contribution in [3.8, 4) is 0 Å². The smallest absolute Gasteiger partial charge is 0.149 e. The van der Waals surface area contributed by atoms with Crippen molar-refractivity contribution in [1.82, 2.24) is 9.38 Å². The first-order valence-electron chi connectivity index (χ1n) is 4.83. The van der Waals surface area contributed by atoms with Crippen molar-refractivity contribution in [2.24, 2.45) is 0 Å². The SMILES string of the molecule is Cc1ccn2c(C(C)C)nc(N)c2c1. The van der Waals surface area contributed by atoms with Crippen LogP contribution in [0.1, 0.15) is 31.2 Å². The molecule has 0 radical (unpaired) electrons. The molecule has 2 N–H and O–H groups in total. The number of hydrogen-bond donors (Lipinski definition) is 1. The lowest BCUT2D eigenvalue weighted by molar-refractivity contribution is 0.771. The number of anilines is 1. The van der Waals surface area contributed by atoms with Crippen molar-refractivity contribution in [1.29, 1.82) is 0 Å². The molecule has 2 aromatic heterocycles. The van der Waals surface area contributed by atoms with Crippen LogP contribution in [0.4, 0.5) is 5.82 Å². The fourth-order valence-corrected chi connectivity index (χ4v) is 1.64. The Morgan fingerprint density at radius 3 is 2.79 bits per heavy atom. The monoisotopic (exact) mass is 189 g/mol. The number of imidazole rings is 1. The summed E-state index contributed by atoms with van der Waals surface area (Å²) in [5.41, 5.74) is 8.07. The number of nitrogens with zero attached hydrogens (tertiary/aromatic N) is 2. The Morgan fingerprint density at radius 2 is 2.14 bits per heavy atom. The van der Waals surface area contributed by atoms with E-state index in [9.17, 15) is 0 Å². The van der Waals surface area contributed by atoms with Crippen molar-refractivity contribution < 1.29 is 0 Å². The van der Waals surface area contributed by atoms with Crippen LogP contribution in [-0.2, 0) is 0 Å². The van der Waals surface area contributed by atoms with Crippen LogP contribution in [0.2, 0.25) is 0 Å². The molecule has 0 fully saturated rings. The second-order valence-electron chi connectivity index (χ2n) is 3.97. The zero-order valence-electron chi connectivity index (χ0n) is 8.78. The molecule has 2 rings (SSSR count). The number of rotatable bonds is 1. The Balaban J connectivity index is 2.77. The van der Waals surface area contributed by atoms with Gasteiger partial charge in [-0.25, -0.2) is 4.98 Å². The predicted octanol–water partition coefficient (Wildman–Crippen LogP) is 2.35. The van der Waals surface area contributed by atoms with E-state index >= 15 is 0 Å². The van der Waals surface area contributed by atoms with Crippen molar-refractivity contribution >= 4 is 11.3 Å². The van der Waals surface area contributed by atoms with Gasteiger partial charge in [0.1, 0.15) is 11.6 Å². The molecule has 0 bridgehead atoms. The highest BCUT2D eigenvalue weighted by Crippen LogP contribution is 2.21. The lowest BCUT2D eigenvalue weighted by Gasteiger charge is -2.03. The Labute approximate surface area is 83.6 Å². The van der Waals surface area contributed by atoms with Gasteiger partial charge in [0.25, 0.3) is 0 Å². The van der Waals surface area contributed by atoms with Gasteiger partial charge in [-0.2, -0.15) is 0 Å². The quantitative estimate of drug-likeness (QED) is 0.748. The maximum absolute atomic E-state index is 5.85. The molecular weight excluding hydrogens is 174 g/mol. The third-order valence-corrected chi connectivity index (χ3v) is 2.37. The summed E-state index contributed by atoms with van der Waals surface area (Å²) in [7, 11) is 0. The summed E-state index contributed by atoms with van der Waals surface area (Å²) >= 11 is 0. The molecule has 0 aromatic carbocycles. The van der Waals surface area contributed by atoms with E-state index in [-0.39, 0.29) is 0 Å². The summed E-state index contributed by atoms with van der Waals surface area (Å²) in [5, 5.41) is 0. The molecular formula is C11H15N3. The van der Waals surface area contributed by atoms with E-state index in [1.54, 1.807) is 0 Å². The third kappa shape index (κ3) is 1.25. The molecule has 0 atom stereocenters. The van der Waals surface area contributed by atoms with E-state index in [1.165, 1.54) is 5.56 Å². The van der Waals surface area contributed by atoms with E-state index in [0.29, 0.717) is 11.7 Å². The molecule has 0 aliphatic rings. The van der Waals surface area contributed by atoms with Gasteiger partial charge in [-0.3, -0.25) is 0 Å². The highest BCUT2D eigenvalue weighted by molar-refractivity contribution is 5.67. The number of nitrogen functional groups attached to an aromatic ring is 1. The van der Waals surface area contributed by atoms with Gasteiger partial charge in [-0.05, 0) is 24.6 Å². The molecule has 0 aliphatic carbocycles. The summed E-state index contributed by atoms with van der Waals surface area (Å²) in [6.45, 7) is 6.30. The fraction of sp³-hybridized carbons (Fsp3) is 0.364. The van der Waals surface area contributed by atoms with Crippen molar-refractivity contribution in [3.05, 3.63) is 29.7 Å². The molecule has 2 aromatic rings. The van der Waals surface area contributed by atoms with Gasteiger partial charge in [-0.15, -0.1) is 0 Å². The molecule has 0 amide bonds. The number of pyridine rings is 1. The Kier molecular flexibility index (Phi) is 1.95. The Bertz CT molecular complexity index is 469. The molecule has 2 heterocycles. The molecule has 74 valence electrons. The standard InChI is InChI=1S/C11H15N3/c1-7(2)11-13-10(12)9-6-8(3)4-5-14(9)11/h4-7H,12H2,1-3H3. The summed E-state index contributed by atoms with van der Waals surface area (Å²) < 4.78 is 2.06. The van der Waals surface area contributed by atoms with Gasteiger partial charge >= 0.3 is 0 Å². The minimum Gasteiger partial charge on any atom is -0.382 e. The van der Waals surface area contributed by atoms with Crippen LogP contribution < -0.4 is 5.73 Å². The number of aromatic nitrogens is 2. The van der Waals surface area contributed by atoms with Crippen LogP contribution in [0, 0.1) is 6.92 Å². The second kappa shape index (κ2) is 3.01. The normalized spacial score (nSPS) is 11.4. The first-order chi connectivity index (χ1) is 6.59. The van der Waals surface area contributed by atoms with E-state index in [4.69, 9.17) is 5.73 Å². The van der Waals surface area contributed by atoms with E-state index in [2.05, 4.69) is 42.3 Å². The van der Waals surface area contributed by atoms with Gasteiger partial charge in [0.05, 0.1) is 5.52 Å². The molecule has 3 heteroatoms. The van der Waals surface area contributed by atoms with Gasteiger partial charge in [0.15, 0.2) is 0 Å². The van der Waals surface area contributed by atoms with Gasteiger partial charge < -0.3 is 10.1 Å². The lowest BCUT2D eigenvalue weighted by Crippen LogP contribution is -1.96.